The van der Waals surface area contributed by atoms with Gasteiger partial charge in [-0.1, -0.05) is 6.07 Å². The topological polar surface area (TPSA) is 105 Å². The standard InChI is InChI=1S/C20H18F3N7O2/c1-20(2,23)19-27-26-17(32-19)18(31)29-7-6-11-14(25-9-24-11)15(29)12-8-10-4-3-5-13(16(21)22)30(10)28-12/h3-5,8-9,15-16H,6-7H2,1-2H3,(H,24,25). The van der Waals surface area contributed by atoms with Crippen molar-refractivity contribution in [3.63, 3.8) is 0 Å². The Balaban J connectivity index is 1.60. The molecule has 4 aromatic rings. The number of pyridine rings is 1. The molecule has 32 heavy (non-hydrogen) atoms. The fourth-order valence-electron chi connectivity index (χ4n) is 3.82. The Labute approximate surface area is 179 Å². The molecule has 0 spiro atoms. The van der Waals surface area contributed by atoms with Gasteiger partial charge in [-0.05, 0) is 32.0 Å². The minimum atomic E-state index is -2.72. The van der Waals surface area contributed by atoms with Crippen molar-refractivity contribution >= 4 is 11.4 Å². The van der Waals surface area contributed by atoms with Gasteiger partial charge in [0.2, 0.25) is 0 Å². The van der Waals surface area contributed by atoms with Gasteiger partial charge in [-0.25, -0.2) is 22.7 Å². The molecule has 12 heteroatoms. The highest BCUT2D eigenvalue weighted by Gasteiger charge is 2.39. The number of nitrogens with zero attached hydrogens (tertiary/aromatic N) is 6. The molecule has 166 valence electrons. The molecule has 4 aromatic heterocycles. The van der Waals surface area contributed by atoms with Crippen molar-refractivity contribution in [2.24, 2.45) is 0 Å². The van der Waals surface area contributed by atoms with Gasteiger partial charge in [-0.2, -0.15) is 5.10 Å². The highest BCUT2D eigenvalue weighted by Crippen LogP contribution is 2.35. The van der Waals surface area contributed by atoms with Crippen LogP contribution in [0.2, 0.25) is 0 Å². The lowest BCUT2D eigenvalue weighted by Gasteiger charge is -2.32. The molecule has 5 rings (SSSR count). The third kappa shape index (κ3) is 3.22. The quantitative estimate of drug-likeness (QED) is 0.516. The zero-order chi connectivity index (χ0) is 22.6. The van der Waals surface area contributed by atoms with Gasteiger partial charge in [0.05, 0.1) is 23.2 Å². The van der Waals surface area contributed by atoms with Crippen LogP contribution in [0.3, 0.4) is 0 Å². The number of hydrogen-bond acceptors (Lipinski definition) is 6. The predicted molar refractivity (Wildman–Crippen MR) is 104 cm³/mol. The molecule has 0 aromatic carbocycles. The van der Waals surface area contributed by atoms with E-state index in [4.69, 9.17) is 4.42 Å². The summed E-state index contributed by atoms with van der Waals surface area (Å²) in [6.07, 6.45) is -0.747. The van der Waals surface area contributed by atoms with Crippen LogP contribution in [0.25, 0.3) is 5.52 Å². The number of imidazole rings is 1. The van der Waals surface area contributed by atoms with Gasteiger partial charge >= 0.3 is 11.8 Å². The average Bonchev–Trinajstić information content (AvgIpc) is 3.50. The molecule has 1 N–H and O–H groups in total. The molecule has 0 saturated heterocycles. The zero-order valence-electron chi connectivity index (χ0n) is 17.1. The van der Waals surface area contributed by atoms with Gasteiger partial charge in [0.15, 0.2) is 5.67 Å². The number of alkyl halides is 3. The molecule has 1 unspecified atom stereocenters. The minimum absolute atomic E-state index is 0.255. The summed E-state index contributed by atoms with van der Waals surface area (Å²) >= 11 is 0. The lowest BCUT2D eigenvalue weighted by Crippen LogP contribution is -2.41. The molecule has 1 aliphatic rings. The van der Waals surface area contributed by atoms with Crippen LogP contribution in [0.15, 0.2) is 35.0 Å². The van der Waals surface area contributed by atoms with E-state index in [2.05, 4.69) is 25.3 Å². The molecular weight excluding hydrogens is 427 g/mol. The second-order valence-corrected chi connectivity index (χ2v) is 7.96. The van der Waals surface area contributed by atoms with Crippen LogP contribution < -0.4 is 0 Å². The maximum absolute atomic E-state index is 14.1. The fraction of sp³-hybridized carbons (Fsp3) is 0.350. The summed E-state index contributed by atoms with van der Waals surface area (Å²) in [7, 11) is 0. The lowest BCUT2D eigenvalue weighted by molar-refractivity contribution is 0.0635. The normalized spacial score (nSPS) is 16.7. The number of carbonyl (C=O) groups is 1. The Morgan fingerprint density at radius 3 is 2.84 bits per heavy atom. The molecule has 0 radical (unpaired) electrons. The molecule has 0 saturated carbocycles. The van der Waals surface area contributed by atoms with Crippen molar-refractivity contribution in [3.8, 4) is 0 Å². The van der Waals surface area contributed by atoms with E-state index in [-0.39, 0.29) is 24.0 Å². The molecule has 9 nitrogen and oxygen atoms in total. The molecule has 1 atom stereocenters. The summed E-state index contributed by atoms with van der Waals surface area (Å²) in [5.41, 5.74) is -0.0258. The van der Waals surface area contributed by atoms with Crippen molar-refractivity contribution in [3.05, 3.63) is 65.1 Å². The number of amides is 1. The number of nitrogens with one attached hydrogen (secondary N) is 1. The largest absolute Gasteiger partial charge is 0.413 e. The van der Waals surface area contributed by atoms with Crippen molar-refractivity contribution in [2.45, 2.75) is 38.4 Å². The number of carbonyl (C=O) groups excluding carboxylic acids is 1. The first-order valence-corrected chi connectivity index (χ1v) is 9.87. The number of aromatic amines is 1. The Kier molecular flexibility index (Phi) is 4.53. The van der Waals surface area contributed by atoms with Gasteiger partial charge in [-0.15, -0.1) is 10.2 Å². The second-order valence-electron chi connectivity index (χ2n) is 7.96. The van der Waals surface area contributed by atoms with Crippen molar-refractivity contribution in [2.75, 3.05) is 6.54 Å². The summed E-state index contributed by atoms with van der Waals surface area (Å²) in [6.45, 7) is 2.74. The van der Waals surface area contributed by atoms with Crippen molar-refractivity contribution in [1.82, 2.24) is 34.7 Å². The molecular formula is C20H18F3N7O2. The maximum Gasteiger partial charge on any atom is 0.312 e. The monoisotopic (exact) mass is 445 g/mol. The van der Waals surface area contributed by atoms with Gasteiger partial charge in [0.25, 0.3) is 12.3 Å². The minimum Gasteiger partial charge on any atom is -0.413 e. The van der Waals surface area contributed by atoms with Crippen molar-refractivity contribution < 1.29 is 22.4 Å². The van der Waals surface area contributed by atoms with E-state index in [1.807, 2.05) is 0 Å². The Hall–Kier alpha value is -3.70. The van der Waals surface area contributed by atoms with E-state index in [0.29, 0.717) is 23.3 Å². The Morgan fingerprint density at radius 2 is 2.12 bits per heavy atom. The number of halogens is 3. The number of fused-ring (bicyclic) bond motifs is 2. The second kappa shape index (κ2) is 7.18. The van der Waals surface area contributed by atoms with E-state index in [1.165, 1.54) is 37.2 Å². The number of rotatable bonds is 4. The van der Waals surface area contributed by atoms with Gasteiger partial charge in [0.1, 0.15) is 11.7 Å². The van der Waals surface area contributed by atoms with Crippen LogP contribution in [0.1, 0.15) is 65.7 Å². The first kappa shape index (κ1) is 20.2. The predicted octanol–water partition coefficient (Wildman–Crippen LogP) is 3.37. The molecule has 5 heterocycles. The van der Waals surface area contributed by atoms with Crippen LogP contribution in [-0.4, -0.2) is 47.1 Å². The molecule has 1 aliphatic heterocycles. The van der Waals surface area contributed by atoms with E-state index in [0.717, 1.165) is 10.2 Å². The first-order chi connectivity index (χ1) is 15.2. The van der Waals surface area contributed by atoms with Gasteiger partial charge < -0.3 is 14.3 Å². The molecule has 0 aliphatic carbocycles. The summed E-state index contributed by atoms with van der Waals surface area (Å²) in [4.78, 5) is 22.1. The maximum atomic E-state index is 14.1. The summed E-state index contributed by atoms with van der Waals surface area (Å²) in [5, 5.41) is 11.7. The number of hydrogen-bond donors (Lipinski definition) is 1. The Bertz CT molecular complexity index is 1300. The summed E-state index contributed by atoms with van der Waals surface area (Å²) in [5.74, 6) is -1.31. The summed E-state index contributed by atoms with van der Waals surface area (Å²) < 4.78 is 47.5. The van der Waals surface area contributed by atoms with Crippen LogP contribution in [0, 0.1) is 0 Å². The van der Waals surface area contributed by atoms with E-state index >= 15 is 0 Å². The van der Waals surface area contributed by atoms with Crippen LogP contribution in [0.5, 0.6) is 0 Å². The van der Waals surface area contributed by atoms with Gasteiger partial charge in [-0.3, -0.25) is 4.79 Å². The van der Waals surface area contributed by atoms with E-state index < -0.39 is 24.0 Å². The smallest absolute Gasteiger partial charge is 0.312 e. The fourth-order valence-corrected chi connectivity index (χ4v) is 3.82. The van der Waals surface area contributed by atoms with Gasteiger partial charge in [0, 0.05) is 18.7 Å². The number of aromatic nitrogens is 6. The summed E-state index contributed by atoms with van der Waals surface area (Å²) in [6, 6.07) is 5.31. The highest BCUT2D eigenvalue weighted by molar-refractivity contribution is 5.90. The van der Waals surface area contributed by atoms with E-state index in [9.17, 15) is 18.0 Å². The van der Waals surface area contributed by atoms with Crippen LogP contribution >= 0.6 is 0 Å². The zero-order valence-corrected chi connectivity index (χ0v) is 17.1. The highest BCUT2D eigenvalue weighted by atomic mass is 19.3. The number of H-pyrrole nitrogens is 1. The van der Waals surface area contributed by atoms with Crippen LogP contribution in [-0.2, 0) is 12.1 Å². The van der Waals surface area contributed by atoms with Crippen LogP contribution in [0.4, 0.5) is 13.2 Å². The molecule has 1 amide bonds. The van der Waals surface area contributed by atoms with E-state index in [1.54, 1.807) is 12.1 Å². The SMILES string of the molecule is CC(C)(F)c1nnc(C(=O)N2CCc3[nH]cnc3C2c2cc3cccc(C(F)F)n3n2)o1. The van der Waals surface area contributed by atoms with Crippen molar-refractivity contribution in [1.29, 1.82) is 0 Å². The molecule has 0 fully saturated rings. The molecule has 0 bridgehead atoms. The average molecular weight is 445 g/mol. The first-order valence-electron chi connectivity index (χ1n) is 9.87. The lowest BCUT2D eigenvalue weighted by atomic mass is 9.99. The third-order valence-electron chi connectivity index (χ3n) is 5.34. The Morgan fingerprint density at radius 1 is 1.31 bits per heavy atom. The third-order valence-corrected chi connectivity index (χ3v) is 5.34.